The first-order chi connectivity index (χ1) is 9.06. The van der Waals surface area contributed by atoms with Crippen LogP contribution in [0.4, 0.5) is 0 Å². The Bertz CT molecular complexity index is 508. The zero-order valence-corrected chi connectivity index (χ0v) is 11.4. The molecule has 2 atom stereocenters. The van der Waals surface area contributed by atoms with Gasteiger partial charge in [0.2, 0.25) is 0 Å². The molecule has 1 N–H and O–H groups in total. The molecule has 0 aliphatic carbocycles. The number of aromatic nitrogens is 1. The molecule has 7 heteroatoms. The van der Waals surface area contributed by atoms with Crippen LogP contribution in [0.15, 0.2) is 18.5 Å². The van der Waals surface area contributed by atoms with Crippen LogP contribution in [0, 0.1) is 0 Å². The number of hydrogen-bond donors (Lipinski definition) is 1. The molecule has 2 unspecified atom stereocenters. The highest BCUT2D eigenvalue weighted by Crippen LogP contribution is 2.31. The maximum atomic E-state index is 12.5. The number of rotatable bonds is 3. The molecule has 19 heavy (non-hydrogen) atoms. The Balaban J connectivity index is 2.34. The molecule has 0 bridgehead atoms. The maximum absolute atomic E-state index is 12.5. The number of thioether (sulfide) groups is 1. The third-order valence-corrected chi connectivity index (χ3v) is 4.19. The van der Waals surface area contributed by atoms with E-state index in [-0.39, 0.29) is 11.3 Å². The molecule has 2 rings (SSSR count). The number of carbonyl (C=O) groups is 2. The molecule has 1 aromatic rings. The number of aliphatic carboxylic acids is 1. The molecular weight excluding hydrogens is 268 g/mol. The second-order valence-electron chi connectivity index (χ2n) is 4.08. The Morgan fingerprint density at radius 3 is 2.95 bits per heavy atom. The van der Waals surface area contributed by atoms with Gasteiger partial charge in [-0.2, -0.15) is 0 Å². The van der Waals surface area contributed by atoms with Crippen molar-refractivity contribution in [2.24, 2.45) is 0 Å². The average molecular weight is 282 g/mol. The lowest BCUT2D eigenvalue weighted by Crippen LogP contribution is -2.44. The Kier molecular flexibility index (Phi) is 3.94. The van der Waals surface area contributed by atoms with E-state index in [4.69, 9.17) is 4.74 Å². The predicted molar refractivity (Wildman–Crippen MR) is 70.3 cm³/mol. The van der Waals surface area contributed by atoms with Crippen LogP contribution in [0.25, 0.3) is 0 Å². The van der Waals surface area contributed by atoms with Gasteiger partial charge in [-0.15, -0.1) is 11.8 Å². The lowest BCUT2D eigenvalue weighted by Gasteiger charge is -2.25. The highest BCUT2D eigenvalue weighted by molar-refractivity contribution is 8.00. The van der Waals surface area contributed by atoms with Crippen molar-refractivity contribution in [1.29, 1.82) is 0 Å². The van der Waals surface area contributed by atoms with Crippen LogP contribution in [-0.2, 0) is 4.79 Å². The van der Waals surface area contributed by atoms with E-state index in [0.29, 0.717) is 17.1 Å². The van der Waals surface area contributed by atoms with E-state index in [1.165, 1.54) is 42.2 Å². The third-order valence-electron chi connectivity index (χ3n) is 2.98. The summed E-state index contributed by atoms with van der Waals surface area (Å²) in [7, 11) is 1.45. The zero-order valence-electron chi connectivity index (χ0n) is 10.6. The van der Waals surface area contributed by atoms with E-state index in [1.807, 2.05) is 6.92 Å². The number of carboxylic acid groups (broad SMARTS) is 1. The number of amides is 1. The van der Waals surface area contributed by atoms with Crippen LogP contribution < -0.4 is 4.74 Å². The fraction of sp³-hybridized carbons (Fsp3) is 0.417. The summed E-state index contributed by atoms with van der Waals surface area (Å²) in [5.41, 5.74) is 0.332. The van der Waals surface area contributed by atoms with Gasteiger partial charge in [0.15, 0.2) is 0 Å². The average Bonchev–Trinajstić information content (AvgIpc) is 2.80. The normalized spacial score (nSPS) is 22.3. The van der Waals surface area contributed by atoms with Crippen LogP contribution in [0.5, 0.6) is 5.75 Å². The number of hydrogen-bond acceptors (Lipinski definition) is 5. The van der Waals surface area contributed by atoms with Gasteiger partial charge in [0.25, 0.3) is 5.91 Å². The molecule has 1 amide bonds. The second kappa shape index (κ2) is 5.48. The highest BCUT2D eigenvalue weighted by atomic mass is 32.2. The van der Waals surface area contributed by atoms with Gasteiger partial charge < -0.3 is 14.7 Å². The van der Waals surface area contributed by atoms with Gasteiger partial charge in [0.1, 0.15) is 11.8 Å². The van der Waals surface area contributed by atoms with Crippen molar-refractivity contribution in [2.75, 3.05) is 12.9 Å². The maximum Gasteiger partial charge on any atom is 0.327 e. The minimum Gasteiger partial charge on any atom is -0.494 e. The van der Waals surface area contributed by atoms with E-state index >= 15 is 0 Å². The molecule has 2 heterocycles. The van der Waals surface area contributed by atoms with Crippen LogP contribution in [-0.4, -0.2) is 51.1 Å². The van der Waals surface area contributed by atoms with Gasteiger partial charge in [0.05, 0.1) is 24.2 Å². The molecule has 1 aliphatic heterocycles. The smallest absolute Gasteiger partial charge is 0.327 e. The molecule has 1 aromatic heterocycles. The van der Waals surface area contributed by atoms with Gasteiger partial charge in [-0.25, -0.2) is 4.79 Å². The largest absolute Gasteiger partial charge is 0.494 e. The van der Waals surface area contributed by atoms with E-state index < -0.39 is 12.0 Å². The Morgan fingerprint density at radius 1 is 1.58 bits per heavy atom. The Hall–Kier alpha value is -1.76. The van der Waals surface area contributed by atoms with Gasteiger partial charge in [-0.3, -0.25) is 9.78 Å². The third kappa shape index (κ3) is 2.51. The highest BCUT2D eigenvalue weighted by Gasteiger charge is 2.40. The summed E-state index contributed by atoms with van der Waals surface area (Å²) in [5.74, 6) is -0.585. The monoisotopic (exact) mass is 282 g/mol. The molecule has 102 valence electrons. The molecule has 1 saturated heterocycles. The fourth-order valence-electron chi connectivity index (χ4n) is 2.00. The zero-order chi connectivity index (χ0) is 14.0. The molecule has 1 fully saturated rings. The Morgan fingerprint density at radius 2 is 2.32 bits per heavy atom. The molecular formula is C12H14N2O4S. The summed E-state index contributed by atoms with van der Waals surface area (Å²) >= 11 is 1.45. The first kappa shape index (κ1) is 13.7. The fourth-order valence-corrected chi connectivity index (χ4v) is 3.17. The minimum atomic E-state index is -0.988. The number of nitrogens with zero attached hydrogens (tertiary/aromatic N) is 2. The molecule has 1 aliphatic rings. The van der Waals surface area contributed by atoms with Gasteiger partial charge in [-0.05, 0) is 13.0 Å². The number of pyridine rings is 1. The van der Waals surface area contributed by atoms with Crippen LogP contribution >= 0.6 is 11.8 Å². The molecule has 0 radical (unpaired) electrons. The summed E-state index contributed by atoms with van der Waals surface area (Å²) in [6, 6.07) is 0.737. The summed E-state index contributed by atoms with van der Waals surface area (Å²) in [6.07, 6.45) is 2.93. The van der Waals surface area contributed by atoms with Crippen LogP contribution in [0.3, 0.4) is 0 Å². The topological polar surface area (TPSA) is 79.7 Å². The van der Waals surface area contributed by atoms with Crippen molar-refractivity contribution in [1.82, 2.24) is 9.88 Å². The molecule has 0 saturated carbocycles. The molecule has 6 nitrogen and oxygen atoms in total. The van der Waals surface area contributed by atoms with Gasteiger partial charge in [0, 0.05) is 11.9 Å². The van der Waals surface area contributed by atoms with Crippen molar-refractivity contribution in [3.63, 3.8) is 0 Å². The van der Waals surface area contributed by atoms with Crippen molar-refractivity contribution >= 4 is 23.6 Å². The minimum absolute atomic E-state index is 0.175. The number of ether oxygens (including phenoxy) is 1. The van der Waals surface area contributed by atoms with Crippen molar-refractivity contribution in [3.8, 4) is 5.75 Å². The van der Waals surface area contributed by atoms with E-state index in [9.17, 15) is 14.7 Å². The standard InChI is InChI=1S/C12H14N2O4S/c1-7-14(9(6-19-7)12(16)17)11(15)8-3-4-13-5-10(8)18-2/h3-5,7,9H,6H2,1-2H3,(H,16,17). The summed E-state index contributed by atoms with van der Waals surface area (Å²) in [5, 5.41) is 9.00. The summed E-state index contributed by atoms with van der Waals surface area (Å²) in [4.78, 5) is 29.0. The predicted octanol–water partition coefficient (Wildman–Crippen LogP) is 1.08. The van der Waals surface area contributed by atoms with Crippen molar-refractivity contribution in [2.45, 2.75) is 18.3 Å². The SMILES string of the molecule is COc1cnccc1C(=O)N1C(C)SCC1C(=O)O. The summed E-state index contributed by atoms with van der Waals surface area (Å²) in [6.45, 7) is 1.82. The van der Waals surface area contributed by atoms with Crippen molar-refractivity contribution in [3.05, 3.63) is 24.0 Å². The first-order valence-electron chi connectivity index (χ1n) is 5.71. The van der Waals surface area contributed by atoms with E-state index in [1.54, 1.807) is 0 Å². The lowest BCUT2D eigenvalue weighted by molar-refractivity contribution is -0.141. The van der Waals surface area contributed by atoms with Crippen LogP contribution in [0.1, 0.15) is 17.3 Å². The Labute approximate surface area is 114 Å². The van der Waals surface area contributed by atoms with Gasteiger partial charge in [-0.1, -0.05) is 0 Å². The number of carboxylic acids is 1. The molecule has 0 spiro atoms. The van der Waals surface area contributed by atoms with Crippen LogP contribution in [0.2, 0.25) is 0 Å². The molecule has 0 aromatic carbocycles. The quantitative estimate of drug-likeness (QED) is 0.893. The van der Waals surface area contributed by atoms with Crippen molar-refractivity contribution < 1.29 is 19.4 Å². The second-order valence-corrected chi connectivity index (χ2v) is 5.42. The number of carbonyl (C=O) groups excluding carboxylic acids is 1. The van der Waals surface area contributed by atoms with E-state index in [0.717, 1.165) is 0 Å². The van der Waals surface area contributed by atoms with E-state index in [2.05, 4.69) is 4.98 Å². The number of methoxy groups -OCH3 is 1. The van der Waals surface area contributed by atoms with Gasteiger partial charge >= 0.3 is 5.97 Å². The first-order valence-corrected chi connectivity index (χ1v) is 6.76. The summed E-state index contributed by atoms with van der Waals surface area (Å²) < 4.78 is 5.09. The lowest BCUT2D eigenvalue weighted by atomic mass is 10.2.